The highest BCUT2D eigenvalue weighted by Gasteiger charge is 2.35. The number of aryl methyl sites for hydroxylation is 2. The highest BCUT2D eigenvalue weighted by Crippen LogP contribution is 2.26. The second-order valence-corrected chi connectivity index (χ2v) is 13.2. The Bertz CT molecular complexity index is 1640. The minimum atomic E-state index is -4.12. The van der Waals surface area contributed by atoms with Gasteiger partial charge in [-0.25, -0.2) is 8.42 Å². The van der Waals surface area contributed by atoms with Gasteiger partial charge < -0.3 is 10.2 Å². The smallest absolute Gasteiger partial charge is 0.264 e. The number of hydrogen-bond donors (Lipinski definition) is 1. The molecule has 236 valence electrons. The van der Waals surface area contributed by atoms with E-state index in [1.54, 1.807) is 30.3 Å². The Morgan fingerprint density at radius 3 is 1.91 bits per heavy atom. The lowest BCUT2D eigenvalue weighted by molar-refractivity contribution is -0.140. The molecule has 4 aromatic carbocycles. The quantitative estimate of drug-likeness (QED) is 0.178. The predicted octanol–water partition coefficient (Wildman–Crippen LogP) is 6.31. The van der Waals surface area contributed by atoms with Gasteiger partial charge in [-0.3, -0.25) is 13.9 Å². The number of carbonyl (C=O) groups excluding carboxylic acids is 2. The van der Waals surface area contributed by atoms with Crippen LogP contribution >= 0.6 is 0 Å². The van der Waals surface area contributed by atoms with Gasteiger partial charge in [0.25, 0.3) is 10.0 Å². The molecule has 0 aliphatic heterocycles. The van der Waals surface area contributed by atoms with Crippen LogP contribution in [-0.2, 0) is 39.0 Å². The van der Waals surface area contributed by atoms with Crippen molar-refractivity contribution < 1.29 is 18.0 Å². The fourth-order valence-corrected chi connectivity index (χ4v) is 6.47. The summed E-state index contributed by atoms with van der Waals surface area (Å²) in [6.45, 7) is 7.59. The Morgan fingerprint density at radius 2 is 1.33 bits per heavy atom. The third-order valence-electron chi connectivity index (χ3n) is 7.99. The molecule has 0 bridgehead atoms. The normalized spacial score (nSPS) is 12.6. The van der Waals surface area contributed by atoms with Crippen molar-refractivity contribution in [1.82, 2.24) is 10.2 Å². The number of rotatable bonds is 14. The van der Waals surface area contributed by atoms with Gasteiger partial charge in [-0.05, 0) is 67.6 Å². The third kappa shape index (κ3) is 8.82. The van der Waals surface area contributed by atoms with Crippen molar-refractivity contribution >= 4 is 27.5 Å². The number of sulfonamides is 1. The second-order valence-electron chi connectivity index (χ2n) is 11.4. The maximum atomic E-state index is 14.5. The number of hydrogen-bond acceptors (Lipinski definition) is 4. The van der Waals surface area contributed by atoms with Crippen molar-refractivity contribution in [2.45, 2.75) is 70.5 Å². The minimum Gasteiger partial charge on any atom is -0.352 e. The molecule has 7 nitrogen and oxygen atoms in total. The Morgan fingerprint density at radius 1 is 0.756 bits per heavy atom. The number of amides is 2. The van der Waals surface area contributed by atoms with Crippen molar-refractivity contribution in [1.29, 1.82) is 0 Å². The molecular formula is C37H43N3O4S. The molecule has 45 heavy (non-hydrogen) atoms. The highest BCUT2D eigenvalue weighted by molar-refractivity contribution is 7.92. The van der Waals surface area contributed by atoms with E-state index in [1.807, 2.05) is 94.4 Å². The van der Waals surface area contributed by atoms with E-state index in [-0.39, 0.29) is 29.8 Å². The van der Waals surface area contributed by atoms with Crippen molar-refractivity contribution in [3.63, 3.8) is 0 Å². The number of benzene rings is 4. The van der Waals surface area contributed by atoms with Gasteiger partial charge in [0.1, 0.15) is 12.6 Å². The average Bonchev–Trinajstić information content (AvgIpc) is 3.06. The molecule has 4 aromatic rings. The first-order valence-electron chi connectivity index (χ1n) is 15.5. The lowest BCUT2D eigenvalue weighted by Crippen LogP contribution is -2.54. The first-order valence-corrected chi connectivity index (χ1v) is 16.9. The molecule has 0 fully saturated rings. The van der Waals surface area contributed by atoms with Crippen LogP contribution in [-0.4, -0.2) is 43.8 Å². The Labute approximate surface area is 268 Å². The van der Waals surface area contributed by atoms with E-state index in [2.05, 4.69) is 5.32 Å². The molecule has 4 rings (SSSR count). The van der Waals surface area contributed by atoms with Gasteiger partial charge in [0, 0.05) is 19.0 Å². The fraction of sp³-hybridized carbons (Fsp3) is 0.297. The van der Waals surface area contributed by atoms with Crippen LogP contribution in [0.25, 0.3) is 0 Å². The molecule has 0 saturated heterocycles. The van der Waals surface area contributed by atoms with E-state index in [0.717, 1.165) is 39.4 Å². The first-order chi connectivity index (χ1) is 21.6. The average molecular weight is 626 g/mol. The Hall–Kier alpha value is -4.43. The largest absolute Gasteiger partial charge is 0.352 e. The topological polar surface area (TPSA) is 86.8 Å². The SMILES string of the molecule is CCc1ccc(N(CC(=O)N(Cc2ccc(C)cc2)[C@@H](Cc2ccccc2)C(=O)N[C@@H](C)CC)S(=O)(=O)c2ccccc2)cc1. The lowest BCUT2D eigenvalue weighted by Gasteiger charge is -2.34. The van der Waals surface area contributed by atoms with E-state index in [9.17, 15) is 18.0 Å². The zero-order valence-electron chi connectivity index (χ0n) is 26.5. The van der Waals surface area contributed by atoms with Gasteiger partial charge in [0.2, 0.25) is 11.8 Å². The Kier molecular flexibility index (Phi) is 11.5. The summed E-state index contributed by atoms with van der Waals surface area (Å²) in [6.07, 6.45) is 1.80. The van der Waals surface area contributed by atoms with E-state index in [0.29, 0.717) is 5.69 Å². The fourth-order valence-electron chi connectivity index (χ4n) is 5.03. The molecule has 0 unspecified atom stereocenters. The van der Waals surface area contributed by atoms with Gasteiger partial charge >= 0.3 is 0 Å². The first kappa shape index (κ1) is 33.5. The summed E-state index contributed by atoms with van der Waals surface area (Å²) < 4.78 is 29.3. The molecule has 0 radical (unpaired) electrons. The maximum Gasteiger partial charge on any atom is 0.264 e. The van der Waals surface area contributed by atoms with Crippen LogP contribution in [0.3, 0.4) is 0 Å². The number of anilines is 1. The van der Waals surface area contributed by atoms with Crippen LogP contribution in [0, 0.1) is 6.92 Å². The summed E-state index contributed by atoms with van der Waals surface area (Å²) in [5.74, 6) is -0.756. The molecule has 0 heterocycles. The third-order valence-corrected chi connectivity index (χ3v) is 9.78. The molecule has 0 aliphatic carbocycles. The van der Waals surface area contributed by atoms with Crippen LogP contribution in [0.4, 0.5) is 5.69 Å². The molecule has 0 saturated carbocycles. The molecule has 0 aromatic heterocycles. The molecule has 2 atom stereocenters. The Balaban J connectivity index is 1.79. The van der Waals surface area contributed by atoms with Crippen molar-refractivity contribution in [2.24, 2.45) is 0 Å². The van der Waals surface area contributed by atoms with Crippen LogP contribution in [0.15, 0.2) is 114 Å². The summed E-state index contributed by atoms with van der Waals surface area (Å²) in [5.41, 5.74) is 4.24. The van der Waals surface area contributed by atoms with E-state index < -0.39 is 28.5 Å². The number of nitrogens with zero attached hydrogens (tertiary/aromatic N) is 2. The molecule has 1 N–H and O–H groups in total. The minimum absolute atomic E-state index is 0.0813. The van der Waals surface area contributed by atoms with E-state index in [1.165, 1.54) is 17.0 Å². The molecular weight excluding hydrogens is 582 g/mol. The molecule has 2 amide bonds. The lowest BCUT2D eigenvalue weighted by atomic mass is 10.0. The molecule has 0 spiro atoms. The van der Waals surface area contributed by atoms with Gasteiger partial charge in [0.15, 0.2) is 0 Å². The number of carbonyl (C=O) groups is 2. The zero-order valence-corrected chi connectivity index (χ0v) is 27.3. The monoisotopic (exact) mass is 625 g/mol. The number of nitrogens with one attached hydrogen (secondary N) is 1. The van der Waals surface area contributed by atoms with Crippen LogP contribution in [0.5, 0.6) is 0 Å². The van der Waals surface area contributed by atoms with Gasteiger partial charge in [-0.1, -0.05) is 104 Å². The van der Waals surface area contributed by atoms with Gasteiger partial charge in [-0.15, -0.1) is 0 Å². The summed E-state index contributed by atoms with van der Waals surface area (Å²) >= 11 is 0. The highest BCUT2D eigenvalue weighted by atomic mass is 32.2. The summed E-state index contributed by atoms with van der Waals surface area (Å²) in [5, 5.41) is 3.07. The summed E-state index contributed by atoms with van der Waals surface area (Å²) in [6, 6.07) is 31.7. The van der Waals surface area contributed by atoms with Gasteiger partial charge in [-0.2, -0.15) is 0 Å². The van der Waals surface area contributed by atoms with Crippen molar-refractivity contribution in [2.75, 3.05) is 10.8 Å². The second kappa shape index (κ2) is 15.5. The summed E-state index contributed by atoms with van der Waals surface area (Å²) in [7, 11) is -4.12. The molecule has 0 aliphatic rings. The van der Waals surface area contributed by atoms with E-state index >= 15 is 0 Å². The zero-order chi connectivity index (χ0) is 32.4. The van der Waals surface area contributed by atoms with Gasteiger partial charge in [0.05, 0.1) is 10.6 Å². The molecule has 8 heteroatoms. The van der Waals surface area contributed by atoms with Crippen LogP contribution in [0.2, 0.25) is 0 Å². The maximum absolute atomic E-state index is 14.5. The van der Waals surface area contributed by atoms with Crippen molar-refractivity contribution in [3.8, 4) is 0 Å². The van der Waals surface area contributed by atoms with Crippen LogP contribution in [0.1, 0.15) is 49.4 Å². The standard InChI is InChI=1S/C37H43N3O4S/c1-5-29(4)38-37(42)35(25-31-13-9-7-10-14-31)39(26-32-19-17-28(3)18-20-32)36(41)27-40(33-23-21-30(6-2)22-24-33)45(43,44)34-15-11-8-12-16-34/h7-24,29,35H,5-6,25-27H2,1-4H3,(H,38,42)/t29-,35-/m0/s1. The predicted molar refractivity (Wildman–Crippen MR) is 180 cm³/mol. The summed E-state index contributed by atoms with van der Waals surface area (Å²) in [4.78, 5) is 30.1. The van der Waals surface area contributed by atoms with Crippen molar-refractivity contribution in [3.05, 3.63) is 131 Å². The van der Waals surface area contributed by atoms with E-state index in [4.69, 9.17) is 0 Å². The van der Waals surface area contributed by atoms with Crippen LogP contribution < -0.4 is 9.62 Å².